The highest BCUT2D eigenvalue weighted by molar-refractivity contribution is 7.29. The van der Waals surface area contributed by atoms with Crippen LogP contribution in [0.15, 0.2) is 12.4 Å². The first kappa shape index (κ1) is 5.97. The maximum absolute atomic E-state index is 5.25. The molecule has 3 nitrogen and oxygen atoms in total. The highest BCUT2D eigenvalue weighted by Crippen LogP contribution is 2.01. The van der Waals surface area contributed by atoms with Gasteiger partial charge in [0.2, 0.25) is 4.96 Å². The van der Waals surface area contributed by atoms with Crippen molar-refractivity contribution in [2.45, 2.75) is 0 Å². The molecule has 0 fully saturated rings. The van der Waals surface area contributed by atoms with Crippen LogP contribution in [0.2, 0.25) is 0 Å². The third-order valence-corrected chi connectivity index (χ3v) is 2.04. The van der Waals surface area contributed by atoms with Crippen LogP contribution in [0, 0.1) is 0 Å². The molecule has 0 atom stereocenters. The largest absolute Gasteiger partial charge is 0.226 e. The van der Waals surface area contributed by atoms with E-state index >= 15 is 0 Å². The van der Waals surface area contributed by atoms with Crippen molar-refractivity contribution >= 4 is 36.1 Å². The molecule has 0 spiro atoms. The zero-order valence-corrected chi connectivity index (χ0v) is 5.88. The molecule has 2 rings (SSSR count). The Morgan fingerprint density at radius 3 is 3.30 bits per heavy atom. The molecular formula is C4H2B2N3S. The van der Waals surface area contributed by atoms with Gasteiger partial charge in [0, 0.05) is 13.9 Å². The Morgan fingerprint density at radius 1 is 1.70 bits per heavy atom. The molecule has 0 saturated carbocycles. The van der Waals surface area contributed by atoms with E-state index in [1.165, 1.54) is 18.5 Å². The predicted octanol–water partition coefficient (Wildman–Crippen LogP) is -0.796. The van der Waals surface area contributed by atoms with Crippen LogP contribution in [0.3, 0.4) is 0 Å². The number of hydrogen-bond acceptors (Lipinski definition) is 3. The summed E-state index contributed by atoms with van der Waals surface area (Å²) in [5.41, 5.74) is 0. The molecular weight excluding hydrogens is 144 g/mol. The SMILES string of the molecule is [B][B]c1nn2ccnc2s1. The second kappa shape index (κ2) is 2.12. The van der Waals surface area contributed by atoms with Gasteiger partial charge in [0.15, 0.2) is 0 Å². The first-order valence-electron chi connectivity index (χ1n) is 2.75. The van der Waals surface area contributed by atoms with Gasteiger partial charge >= 0.3 is 0 Å². The van der Waals surface area contributed by atoms with Crippen molar-refractivity contribution in [2.75, 3.05) is 0 Å². The summed E-state index contributed by atoms with van der Waals surface area (Å²) in [5.74, 6) is 0. The number of fused-ring (bicyclic) bond motifs is 1. The highest BCUT2D eigenvalue weighted by atomic mass is 32.1. The summed E-state index contributed by atoms with van der Waals surface area (Å²) < 4.78 is 1.70. The maximum Gasteiger partial charge on any atom is 0.211 e. The summed E-state index contributed by atoms with van der Waals surface area (Å²) in [6, 6.07) is 0. The highest BCUT2D eigenvalue weighted by Gasteiger charge is 1.99. The standard InChI is InChI=1S/C4H2B2N3S/c5-6-3-8-9-2-1-7-4(9)10-3/h1-2H. The third kappa shape index (κ3) is 0.759. The molecule has 0 bridgehead atoms. The number of rotatable bonds is 1. The Morgan fingerprint density at radius 2 is 2.60 bits per heavy atom. The van der Waals surface area contributed by atoms with E-state index in [-0.39, 0.29) is 0 Å². The average Bonchev–Trinajstić information content (AvgIpc) is 2.42. The van der Waals surface area contributed by atoms with Crippen LogP contribution in [0.4, 0.5) is 0 Å². The fourth-order valence-electron chi connectivity index (χ4n) is 0.720. The first-order valence-corrected chi connectivity index (χ1v) is 3.57. The second-order valence-electron chi connectivity index (χ2n) is 1.76. The Labute approximate surface area is 63.7 Å². The Balaban J connectivity index is 2.67. The molecule has 0 aliphatic rings. The molecule has 0 aliphatic carbocycles. The number of aromatic nitrogens is 3. The summed E-state index contributed by atoms with van der Waals surface area (Å²) in [6.07, 6.45) is 3.50. The van der Waals surface area contributed by atoms with Crippen LogP contribution in [0.25, 0.3) is 4.96 Å². The normalized spacial score (nSPS) is 10.4. The van der Waals surface area contributed by atoms with Crippen molar-refractivity contribution in [3.8, 4) is 0 Å². The van der Waals surface area contributed by atoms with Gasteiger partial charge in [0.1, 0.15) is 7.17 Å². The Hall–Kier alpha value is -0.770. The fraction of sp³-hybridized carbons (Fsp3) is 0. The van der Waals surface area contributed by atoms with Gasteiger partial charge in [-0.15, -0.1) is 0 Å². The van der Waals surface area contributed by atoms with E-state index in [9.17, 15) is 0 Å². The molecule has 2 heterocycles. The van der Waals surface area contributed by atoms with Gasteiger partial charge in [0.05, 0.1) is 11.1 Å². The molecule has 3 radical (unpaired) electrons. The van der Waals surface area contributed by atoms with Crippen LogP contribution in [-0.4, -0.2) is 29.5 Å². The van der Waals surface area contributed by atoms with E-state index in [1.54, 1.807) is 16.9 Å². The summed E-state index contributed by atoms with van der Waals surface area (Å²) >= 11 is 1.46. The quantitative estimate of drug-likeness (QED) is 0.493. The lowest BCUT2D eigenvalue weighted by Crippen LogP contribution is -2.13. The van der Waals surface area contributed by atoms with E-state index in [0.717, 1.165) is 9.87 Å². The smallest absolute Gasteiger partial charge is 0.211 e. The molecule has 0 N–H and O–H groups in total. The molecule has 0 saturated heterocycles. The molecule has 45 valence electrons. The lowest BCUT2D eigenvalue weighted by atomic mass is 9.57. The second-order valence-corrected chi connectivity index (χ2v) is 2.75. The fourth-order valence-corrected chi connectivity index (χ4v) is 1.41. The van der Waals surface area contributed by atoms with Crippen LogP contribution in [0.1, 0.15) is 0 Å². The summed E-state index contributed by atoms with van der Waals surface area (Å²) in [5, 5.41) is 4.08. The zero-order chi connectivity index (χ0) is 6.97. The van der Waals surface area contributed by atoms with Gasteiger partial charge in [-0.25, -0.2) is 9.50 Å². The molecule has 10 heavy (non-hydrogen) atoms. The lowest BCUT2D eigenvalue weighted by Gasteiger charge is -1.77. The number of nitrogens with zero attached hydrogens (tertiary/aromatic N) is 3. The molecule has 0 aliphatic heterocycles. The van der Waals surface area contributed by atoms with Crippen molar-refractivity contribution in [1.29, 1.82) is 0 Å². The van der Waals surface area contributed by atoms with Crippen LogP contribution >= 0.6 is 11.3 Å². The van der Waals surface area contributed by atoms with Crippen LogP contribution in [0.5, 0.6) is 0 Å². The van der Waals surface area contributed by atoms with Crippen molar-refractivity contribution in [3.05, 3.63) is 12.4 Å². The minimum absolute atomic E-state index is 0.795. The monoisotopic (exact) mass is 146 g/mol. The summed E-state index contributed by atoms with van der Waals surface area (Å²) in [6.45, 7) is 0. The Kier molecular flexibility index (Phi) is 1.27. The van der Waals surface area contributed by atoms with E-state index < -0.39 is 0 Å². The van der Waals surface area contributed by atoms with E-state index in [2.05, 4.69) is 10.1 Å². The van der Waals surface area contributed by atoms with Gasteiger partial charge in [0.25, 0.3) is 0 Å². The minimum atomic E-state index is 0.795. The first-order chi connectivity index (χ1) is 4.90. The van der Waals surface area contributed by atoms with Gasteiger partial charge in [-0.1, -0.05) is 11.3 Å². The Bertz CT molecular complexity index is 312. The maximum atomic E-state index is 5.25. The minimum Gasteiger partial charge on any atom is -0.226 e. The average molecular weight is 146 g/mol. The molecule has 6 heteroatoms. The molecule has 0 amide bonds. The molecule has 2 aromatic heterocycles. The summed E-state index contributed by atoms with van der Waals surface area (Å²) in [4.78, 5) is 5.70. The predicted molar refractivity (Wildman–Crippen MR) is 42.0 cm³/mol. The van der Waals surface area contributed by atoms with Crippen LogP contribution in [-0.2, 0) is 0 Å². The van der Waals surface area contributed by atoms with Gasteiger partial charge in [-0.05, 0) is 0 Å². The zero-order valence-electron chi connectivity index (χ0n) is 5.06. The van der Waals surface area contributed by atoms with Crippen molar-refractivity contribution in [3.63, 3.8) is 0 Å². The van der Waals surface area contributed by atoms with Gasteiger partial charge in [-0.2, -0.15) is 5.10 Å². The molecule has 0 unspecified atom stereocenters. The van der Waals surface area contributed by atoms with Crippen molar-refractivity contribution in [2.24, 2.45) is 0 Å². The summed E-state index contributed by atoms with van der Waals surface area (Å²) in [7, 11) is 6.73. The lowest BCUT2D eigenvalue weighted by molar-refractivity contribution is 0.990. The molecule has 0 aromatic carbocycles. The van der Waals surface area contributed by atoms with E-state index in [4.69, 9.17) is 7.74 Å². The van der Waals surface area contributed by atoms with E-state index in [0.29, 0.717) is 0 Å². The van der Waals surface area contributed by atoms with Gasteiger partial charge in [-0.3, -0.25) is 0 Å². The topological polar surface area (TPSA) is 30.2 Å². The third-order valence-electron chi connectivity index (χ3n) is 1.13. The number of hydrogen-bond donors (Lipinski definition) is 0. The number of imidazole rings is 1. The van der Waals surface area contributed by atoms with Crippen LogP contribution < -0.4 is 4.91 Å². The van der Waals surface area contributed by atoms with Crippen molar-refractivity contribution in [1.82, 2.24) is 14.6 Å². The van der Waals surface area contributed by atoms with Gasteiger partial charge < -0.3 is 0 Å². The van der Waals surface area contributed by atoms with Crippen molar-refractivity contribution < 1.29 is 0 Å². The van der Waals surface area contributed by atoms with E-state index in [1.807, 2.05) is 0 Å². The molecule has 2 aromatic rings.